The van der Waals surface area contributed by atoms with E-state index in [1.165, 1.54) is 0 Å². The lowest BCUT2D eigenvalue weighted by Gasteiger charge is -2.13. The van der Waals surface area contributed by atoms with Crippen molar-refractivity contribution >= 4 is 40.3 Å². The minimum Gasteiger partial charge on any atom is -0.361 e. The van der Waals surface area contributed by atoms with E-state index >= 15 is 0 Å². The zero-order valence-corrected chi connectivity index (χ0v) is 16.1. The summed E-state index contributed by atoms with van der Waals surface area (Å²) in [6, 6.07) is 9.43. The smallest absolute Gasteiger partial charge is 0.295 e. The molecule has 7 nitrogen and oxygen atoms in total. The summed E-state index contributed by atoms with van der Waals surface area (Å²) in [7, 11) is 1.83. The Morgan fingerprint density at radius 3 is 2.40 bits per heavy atom. The van der Waals surface area contributed by atoms with E-state index in [-0.39, 0.29) is 10.7 Å². The summed E-state index contributed by atoms with van der Waals surface area (Å²) in [6.07, 6.45) is 0.965. The number of thiocarbonyl (C=S) groups is 2. The van der Waals surface area contributed by atoms with Crippen LogP contribution in [0.4, 0.5) is 5.69 Å². The summed E-state index contributed by atoms with van der Waals surface area (Å²) < 4.78 is 3.37. The van der Waals surface area contributed by atoms with E-state index in [0.29, 0.717) is 10.8 Å². The Kier molecular flexibility index (Phi) is 6.54. The Hall–Kier alpha value is -2.39. The van der Waals surface area contributed by atoms with Gasteiger partial charge in [-0.1, -0.05) is 25.1 Å². The van der Waals surface area contributed by atoms with Gasteiger partial charge in [0.1, 0.15) is 5.69 Å². The van der Waals surface area contributed by atoms with Crippen molar-refractivity contribution in [3.8, 4) is 5.69 Å². The Morgan fingerprint density at radius 2 is 1.76 bits per heavy atom. The molecule has 1 aromatic heterocycles. The van der Waals surface area contributed by atoms with E-state index in [0.717, 1.165) is 24.3 Å². The summed E-state index contributed by atoms with van der Waals surface area (Å²) >= 11 is 10.3. The van der Waals surface area contributed by atoms with Crippen LogP contribution in [0.5, 0.6) is 0 Å². The molecule has 0 aliphatic carbocycles. The number of aromatic nitrogens is 2. The maximum atomic E-state index is 12.8. The van der Waals surface area contributed by atoms with Crippen LogP contribution in [0.25, 0.3) is 5.69 Å². The standard InChI is InChI=1S/C16H22N6OS2/c1-4-10-17-15(24)19-20-16(25)18-13-11(2)21(3)22(14(13)23)12-8-6-5-7-9-12/h5-9H,4,10H2,1-3H3,(H2,17,19,24)(H2,18,20,25). The van der Waals surface area contributed by atoms with Crippen molar-refractivity contribution in [2.24, 2.45) is 7.05 Å². The normalized spacial score (nSPS) is 10.2. The van der Waals surface area contributed by atoms with Crippen molar-refractivity contribution in [3.05, 3.63) is 46.4 Å². The molecule has 4 N–H and O–H groups in total. The molecule has 2 rings (SSSR count). The van der Waals surface area contributed by atoms with Crippen molar-refractivity contribution in [1.29, 1.82) is 0 Å². The molecule has 0 saturated carbocycles. The number of anilines is 1. The van der Waals surface area contributed by atoms with Crippen molar-refractivity contribution in [2.75, 3.05) is 11.9 Å². The number of hydrogen-bond acceptors (Lipinski definition) is 3. The summed E-state index contributed by atoms with van der Waals surface area (Å²) in [6.45, 7) is 4.67. The Bertz CT molecular complexity index is 812. The highest BCUT2D eigenvalue weighted by Crippen LogP contribution is 2.13. The number of nitrogens with one attached hydrogen (secondary N) is 4. The van der Waals surface area contributed by atoms with Crippen LogP contribution in [-0.2, 0) is 7.05 Å². The summed E-state index contributed by atoms with van der Waals surface area (Å²) in [5.41, 5.74) is 7.34. The van der Waals surface area contributed by atoms with Crippen LogP contribution in [0.15, 0.2) is 35.1 Å². The fourth-order valence-corrected chi connectivity index (χ4v) is 2.56. The molecule has 0 bridgehead atoms. The molecule has 134 valence electrons. The Labute approximate surface area is 157 Å². The molecule has 9 heteroatoms. The lowest BCUT2D eigenvalue weighted by molar-refractivity contribution is 0.630. The average Bonchev–Trinajstić information content (AvgIpc) is 2.82. The fraction of sp³-hybridized carbons (Fsp3) is 0.312. The molecule has 0 saturated heterocycles. The van der Waals surface area contributed by atoms with E-state index in [2.05, 4.69) is 21.5 Å². The van der Waals surface area contributed by atoms with Gasteiger partial charge in [-0.15, -0.1) is 0 Å². The highest BCUT2D eigenvalue weighted by molar-refractivity contribution is 7.80. The van der Waals surface area contributed by atoms with Gasteiger partial charge in [-0.25, -0.2) is 4.68 Å². The van der Waals surface area contributed by atoms with Crippen molar-refractivity contribution in [1.82, 2.24) is 25.5 Å². The first-order valence-corrected chi connectivity index (χ1v) is 8.72. The molecule has 0 radical (unpaired) electrons. The number of rotatable bonds is 4. The van der Waals surface area contributed by atoms with Crippen molar-refractivity contribution < 1.29 is 0 Å². The van der Waals surface area contributed by atoms with Gasteiger partial charge < -0.3 is 10.6 Å². The van der Waals surface area contributed by atoms with Gasteiger partial charge in [-0.3, -0.25) is 20.3 Å². The zero-order valence-electron chi connectivity index (χ0n) is 14.4. The van der Waals surface area contributed by atoms with Gasteiger partial charge in [-0.2, -0.15) is 0 Å². The van der Waals surface area contributed by atoms with Crippen LogP contribution in [0.1, 0.15) is 19.0 Å². The van der Waals surface area contributed by atoms with E-state index in [1.54, 1.807) is 9.36 Å². The topological polar surface area (TPSA) is 75.0 Å². The van der Waals surface area contributed by atoms with Crippen LogP contribution >= 0.6 is 24.4 Å². The van der Waals surface area contributed by atoms with Crippen LogP contribution in [0, 0.1) is 6.92 Å². The molecule has 1 heterocycles. The molecule has 0 amide bonds. The lowest BCUT2D eigenvalue weighted by atomic mass is 10.3. The number of para-hydroxylation sites is 1. The molecular formula is C16H22N6OS2. The first kappa shape index (κ1) is 18.9. The van der Waals surface area contributed by atoms with Crippen molar-refractivity contribution in [3.63, 3.8) is 0 Å². The van der Waals surface area contributed by atoms with Crippen LogP contribution < -0.4 is 27.0 Å². The number of nitrogens with zero attached hydrogens (tertiary/aromatic N) is 2. The maximum absolute atomic E-state index is 12.8. The number of hydrogen-bond donors (Lipinski definition) is 4. The first-order valence-electron chi connectivity index (χ1n) is 7.90. The zero-order chi connectivity index (χ0) is 18.4. The highest BCUT2D eigenvalue weighted by atomic mass is 32.1. The Balaban J connectivity index is 2.12. The third-order valence-electron chi connectivity index (χ3n) is 3.62. The number of hydrazine groups is 1. The van der Waals surface area contributed by atoms with Gasteiger partial charge in [0.15, 0.2) is 10.2 Å². The van der Waals surface area contributed by atoms with Gasteiger partial charge in [0, 0.05) is 13.6 Å². The van der Waals surface area contributed by atoms with Gasteiger partial charge in [0.25, 0.3) is 5.56 Å². The number of benzene rings is 1. The maximum Gasteiger partial charge on any atom is 0.295 e. The molecule has 2 aromatic rings. The highest BCUT2D eigenvalue weighted by Gasteiger charge is 2.16. The Morgan fingerprint density at radius 1 is 1.12 bits per heavy atom. The predicted molar refractivity (Wildman–Crippen MR) is 109 cm³/mol. The molecule has 0 unspecified atom stereocenters. The van der Waals surface area contributed by atoms with Gasteiger partial charge in [0.05, 0.1) is 11.4 Å². The molecule has 25 heavy (non-hydrogen) atoms. The summed E-state index contributed by atoms with van der Waals surface area (Å²) in [4.78, 5) is 12.8. The second kappa shape index (κ2) is 8.63. The first-order chi connectivity index (χ1) is 12.0. The van der Waals surface area contributed by atoms with Crippen LogP contribution in [0.2, 0.25) is 0 Å². The van der Waals surface area contributed by atoms with Crippen LogP contribution in [0.3, 0.4) is 0 Å². The molecule has 0 aliphatic heterocycles. The van der Waals surface area contributed by atoms with Crippen LogP contribution in [-0.4, -0.2) is 26.1 Å². The molecule has 1 aromatic carbocycles. The second-order valence-electron chi connectivity index (χ2n) is 5.40. The molecule has 0 spiro atoms. The second-order valence-corrected chi connectivity index (χ2v) is 6.21. The third kappa shape index (κ3) is 4.58. The molecule has 0 fully saturated rings. The molecule has 0 atom stereocenters. The van der Waals surface area contributed by atoms with Gasteiger partial charge in [0.2, 0.25) is 0 Å². The van der Waals surface area contributed by atoms with E-state index in [4.69, 9.17) is 24.4 Å². The lowest BCUT2D eigenvalue weighted by Crippen LogP contribution is -2.48. The predicted octanol–water partition coefficient (Wildman–Crippen LogP) is 1.56. The van der Waals surface area contributed by atoms with E-state index in [1.807, 2.05) is 51.2 Å². The third-order valence-corrected chi connectivity index (χ3v) is 4.07. The molecular weight excluding hydrogens is 356 g/mol. The van der Waals surface area contributed by atoms with Gasteiger partial charge >= 0.3 is 0 Å². The van der Waals surface area contributed by atoms with Crippen molar-refractivity contribution in [2.45, 2.75) is 20.3 Å². The minimum absolute atomic E-state index is 0.179. The monoisotopic (exact) mass is 378 g/mol. The summed E-state index contributed by atoms with van der Waals surface area (Å²) in [5.74, 6) is 0. The average molecular weight is 379 g/mol. The van der Waals surface area contributed by atoms with E-state index in [9.17, 15) is 4.79 Å². The quantitative estimate of drug-likeness (QED) is 0.475. The molecule has 0 aliphatic rings. The fourth-order valence-electron chi connectivity index (χ4n) is 2.25. The largest absolute Gasteiger partial charge is 0.361 e. The SMILES string of the molecule is CCCNC(=S)NNC(=S)Nc1c(C)n(C)n(-c2ccccc2)c1=O. The minimum atomic E-state index is -0.179. The summed E-state index contributed by atoms with van der Waals surface area (Å²) in [5, 5.41) is 6.64. The van der Waals surface area contributed by atoms with E-state index < -0.39 is 0 Å². The van der Waals surface area contributed by atoms with Gasteiger partial charge in [-0.05, 0) is 49.9 Å².